The molecule has 10 heavy (non-hydrogen) atoms. The molecule has 1 rings (SSSR count). The Morgan fingerprint density at radius 2 is 1.90 bits per heavy atom. The molecule has 1 radical (unpaired) electrons. The first-order valence-electron chi connectivity index (χ1n) is 2.71. The SMILES string of the molecule is O[C@H]1[C@H](O)CO[CH][C@@H]1O.S. The molecule has 1 fully saturated rings. The van der Waals surface area contributed by atoms with E-state index in [0.29, 0.717) is 0 Å². The normalized spacial score (nSPS) is 40.5. The number of hydrogen-bond donors (Lipinski definition) is 3. The fourth-order valence-corrected chi connectivity index (χ4v) is 0.659. The van der Waals surface area contributed by atoms with Crippen molar-refractivity contribution in [1.82, 2.24) is 0 Å². The van der Waals surface area contributed by atoms with Gasteiger partial charge in [-0.25, -0.2) is 0 Å². The maximum Gasteiger partial charge on any atom is 0.115 e. The lowest BCUT2D eigenvalue weighted by molar-refractivity contribution is -0.124. The highest BCUT2D eigenvalue weighted by Crippen LogP contribution is 2.10. The van der Waals surface area contributed by atoms with E-state index >= 15 is 0 Å². The van der Waals surface area contributed by atoms with Crippen molar-refractivity contribution in [3.05, 3.63) is 6.61 Å². The Labute approximate surface area is 65.9 Å². The molecule has 4 nitrogen and oxygen atoms in total. The van der Waals surface area contributed by atoms with Crippen LogP contribution >= 0.6 is 13.5 Å². The molecule has 3 atom stereocenters. The van der Waals surface area contributed by atoms with Crippen molar-refractivity contribution in [3.63, 3.8) is 0 Å². The van der Waals surface area contributed by atoms with Crippen LogP contribution in [0.25, 0.3) is 0 Å². The van der Waals surface area contributed by atoms with E-state index in [1.54, 1.807) is 0 Å². The van der Waals surface area contributed by atoms with Crippen LogP contribution in [0.2, 0.25) is 0 Å². The third kappa shape index (κ3) is 2.10. The first-order chi connectivity index (χ1) is 4.22. The maximum atomic E-state index is 8.83. The molecule has 0 aromatic carbocycles. The highest BCUT2D eigenvalue weighted by molar-refractivity contribution is 7.59. The Kier molecular flexibility index (Phi) is 4.23. The van der Waals surface area contributed by atoms with Crippen LogP contribution in [0.15, 0.2) is 0 Å². The molecule has 61 valence electrons. The summed E-state index contributed by atoms with van der Waals surface area (Å²) in [5.74, 6) is 0. The molecule has 0 saturated carbocycles. The van der Waals surface area contributed by atoms with Gasteiger partial charge in [0, 0.05) is 0 Å². The van der Waals surface area contributed by atoms with E-state index in [0.717, 1.165) is 6.61 Å². The van der Waals surface area contributed by atoms with Crippen LogP contribution in [0.3, 0.4) is 0 Å². The number of aliphatic hydroxyl groups excluding tert-OH is 3. The molecule has 3 N–H and O–H groups in total. The second-order valence-electron chi connectivity index (χ2n) is 2.02. The standard InChI is InChI=1S/C5H9O4.H2S/c6-3-1-9-2-4(7)5(3)8;/h1,3-8H,2H2;1H2/t3-,4+,5+;/m0./s1. The van der Waals surface area contributed by atoms with Crippen molar-refractivity contribution in [2.75, 3.05) is 6.61 Å². The zero-order chi connectivity index (χ0) is 6.85. The van der Waals surface area contributed by atoms with Crippen LogP contribution in [0, 0.1) is 6.61 Å². The smallest absolute Gasteiger partial charge is 0.115 e. The van der Waals surface area contributed by atoms with Gasteiger partial charge in [-0.2, -0.15) is 13.5 Å². The quantitative estimate of drug-likeness (QED) is 0.405. The van der Waals surface area contributed by atoms with Gasteiger partial charge >= 0.3 is 0 Å². The minimum absolute atomic E-state index is 0. The highest BCUT2D eigenvalue weighted by Gasteiger charge is 2.29. The van der Waals surface area contributed by atoms with E-state index in [1.165, 1.54) is 0 Å². The van der Waals surface area contributed by atoms with E-state index in [9.17, 15) is 0 Å². The fourth-order valence-electron chi connectivity index (χ4n) is 0.659. The average Bonchev–Trinajstić information content (AvgIpc) is 1.83. The summed E-state index contributed by atoms with van der Waals surface area (Å²) in [5.41, 5.74) is 0. The maximum absolute atomic E-state index is 8.83. The molecule has 5 heteroatoms. The lowest BCUT2D eigenvalue weighted by Gasteiger charge is -2.27. The summed E-state index contributed by atoms with van der Waals surface area (Å²) in [5, 5.41) is 26.4. The van der Waals surface area contributed by atoms with Gasteiger partial charge in [0.25, 0.3) is 0 Å². The van der Waals surface area contributed by atoms with Gasteiger partial charge in [-0.05, 0) is 0 Å². The number of ether oxygens (including phenoxy) is 1. The number of hydrogen-bond acceptors (Lipinski definition) is 4. The van der Waals surface area contributed by atoms with E-state index in [2.05, 4.69) is 4.74 Å². The van der Waals surface area contributed by atoms with Gasteiger partial charge in [-0.15, -0.1) is 0 Å². The molecular weight excluding hydrogens is 156 g/mol. The van der Waals surface area contributed by atoms with Crippen LogP contribution in [-0.2, 0) is 4.74 Å². The van der Waals surface area contributed by atoms with Crippen LogP contribution in [0.1, 0.15) is 0 Å². The monoisotopic (exact) mass is 167 g/mol. The predicted octanol–water partition coefficient (Wildman–Crippen LogP) is -1.63. The fraction of sp³-hybridized carbons (Fsp3) is 0.800. The van der Waals surface area contributed by atoms with Gasteiger partial charge in [0.1, 0.15) is 24.9 Å². The highest BCUT2D eigenvalue weighted by atomic mass is 32.1. The minimum atomic E-state index is -1.10. The van der Waals surface area contributed by atoms with Crippen LogP contribution in [0.4, 0.5) is 0 Å². The molecule has 1 aliphatic heterocycles. The summed E-state index contributed by atoms with van der Waals surface area (Å²) in [6.07, 6.45) is -3.13. The summed E-state index contributed by atoms with van der Waals surface area (Å²) >= 11 is 0. The Morgan fingerprint density at radius 1 is 1.30 bits per heavy atom. The van der Waals surface area contributed by atoms with Crippen molar-refractivity contribution >= 4 is 13.5 Å². The molecule has 1 heterocycles. The Bertz CT molecular complexity index is 89.6. The Morgan fingerprint density at radius 3 is 2.30 bits per heavy atom. The van der Waals surface area contributed by atoms with E-state index < -0.39 is 18.3 Å². The molecule has 0 spiro atoms. The summed E-state index contributed by atoms with van der Waals surface area (Å²) in [6.45, 7) is 1.16. The molecular formula is C5H11O4S. The summed E-state index contributed by atoms with van der Waals surface area (Å²) in [6, 6.07) is 0. The van der Waals surface area contributed by atoms with Gasteiger partial charge in [0.2, 0.25) is 0 Å². The van der Waals surface area contributed by atoms with Crippen molar-refractivity contribution in [1.29, 1.82) is 0 Å². The van der Waals surface area contributed by atoms with E-state index in [-0.39, 0.29) is 20.1 Å². The first-order valence-corrected chi connectivity index (χ1v) is 2.71. The molecule has 1 saturated heterocycles. The van der Waals surface area contributed by atoms with E-state index in [4.69, 9.17) is 15.3 Å². The minimum Gasteiger partial charge on any atom is -0.388 e. The zero-order valence-electron chi connectivity index (χ0n) is 5.27. The molecule has 0 aromatic heterocycles. The van der Waals surface area contributed by atoms with Gasteiger partial charge in [0.15, 0.2) is 0 Å². The summed E-state index contributed by atoms with van der Waals surface area (Å²) < 4.78 is 4.58. The molecule has 0 bridgehead atoms. The molecule has 0 unspecified atom stereocenters. The van der Waals surface area contributed by atoms with Crippen molar-refractivity contribution in [2.45, 2.75) is 18.3 Å². The average molecular weight is 167 g/mol. The Balaban J connectivity index is 0.000000810. The Hall–Kier alpha value is 0.190. The van der Waals surface area contributed by atoms with Crippen molar-refractivity contribution in [3.8, 4) is 0 Å². The van der Waals surface area contributed by atoms with Crippen molar-refractivity contribution in [2.24, 2.45) is 0 Å². The molecule has 1 aliphatic rings. The van der Waals surface area contributed by atoms with Gasteiger partial charge in [-0.3, -0.25) is 0 Å². The molecule has 0 amide bonds. The van der Waals surface area contributed by atoms with Gasteiger partial charge in [0.05, 0.1) is 6.61 Å². The van der Waals surface area contributed by atoms with Gasteiger partial charge in [-0.1, -0.05) is 0 Å². The summed E-state index contributed by atoms with van der Waals surface area (Å²) in [4.78, 5) is 0. The largest absolute Gasteiger partial charge is 0.388 e. The topological polar surface area (TPSA) is 69.9 Å². The lowest BCUT2D eigenvalue weighted by Crippen LogP contribution is -2.44. The van der Waals surface area contributed by atoms with Gasteiger partial charge < -0.3 is 20.1 Å². The second kappa shape index (κ2) is 4.15. The third-order valence-electron chi connectivity index (χ3n) is 1.25. The van der Waals surface area contributed by atoms with Crippen LogP contribution in [-0.4, -0.2) is 40.2 Å². The summed E-state index contributed by atoms with van der Waals surface area (Å²) in [7, 11) is 0. The molecule has 0 aliphatic carbocycles. The molecule has 0 aromatic rings. The van der Waals surface area contributed by atoms with Crippen LogP contribution < -0.4 is 0 Å². The van der Waals surface area contributed by atoms with Crippen molar-refractivity contribution < 1.29 is 20.1 Å². The van der Waals surface area contributed by atoms with Crippen LogP contribution in [0.5, 0.6) is 0 Å². The number of rotatable bonds is 0. The first kappa shape index (κ1) is 10.2. The predicted molar refractivity (Wildman–Crippen MR) is 38.7 cm³/mol. The van der Waals surface area contributed by atoms with E-state index in [1.807, 2.05) is 0 Å². The lowest BCUT2D eigenvalue weighted by atomic mass is 10.1. The third-order valence-corrected chi connectivity index (χ3v) is 1.25. The number of aliphatic hydroxyl groups is 3. The second-order valence-corrected chi connectivity index (χ2v) is 2.02. The zero-order valence-corrected chi connectivity index (χ0v) is 6.27.